The van der Waals surface area contributed by atoms with Crippen molar-refractivity contribution in [3.63, 3.8) is 0 Å². The molecule has 0 spiro atoms. The van der Waals surface area contributed by atoms with Gasteiger partial charge in [-0.3, -0.25) is 5.32 Å². The predicted molar refractivity (Wildman–Crippen MR) is 83.6 cm³/mol. The van der Waals surface area contributed by atoms with Gasteiger partial charge in [0.15, 0.2) is 0 Å². The van der Waals surface area contributed by atoms with Crippen LogP contribution in [0.3, 0.4) is 0 Å². The van der Waals surface area contributed by atoms with Crippen LogP contribution in [0.2, 0.25) is 0 Å². The third-order valence-electron chi connectivity index (χ3n) is 2.83. The van der Waals surface area contributed by atoms with Gasteiger partial charge in [0.1, 0.15) is 16.6 Å². The topological polar surface area (TPSA) is 51.2 Å². The van der Waals surface area contributed by atoms with Crippen LogP contribution in [0.15, 0.2) is 60.7 Å². The highest BCUT2D eigenvalue weighted by atomic mass is 32.1. The number of nitrogens with zero attached hydrogens (tertiary/aromatic N) is 1. The summed E-state index contributed by atoms with van der Waals surface area (Å²) in [5, 5.41) is 3.17. The van der Waals surface area contributed by atoms with Crippen molar-refractivity contribution in [2.45, 2.75) is 0 Å². The molecule has 22 heavy (non-hydrogen) atoms. The predicted octanol–water partition coefficient (Wildman–Crippen LogP) is 4.56. The van der Waals surface area contributed by atoms with E-state index in [2.05, 4.69) is 9.69 Å². The number of hydrogen-bond donors (Lipinski definition) is 1. The Balaban J connectivity index is 1.66. The van der Waals surface area contributed by atoms with Crippen molar-refractivity contribution < 1.29 is 13.9 Å². The highest BCUT2D eigenvalue weighted by Crippen LogP contribution is 2.25. The molecule has 1 heterocycles. The van der Waals surface area contributed by atoms with E-state index >= 15 is 0 Å². The molecular weight excluding hydrogens is 303 g/mol. The van der Waals surface area contributed by atoms with E-state index in [-0.39, 0.29) is 5.82 Å². The number of para-hydroxylation sites is 1. The summed E-state index contributed by atoms with van der Waals surface area (Å²) >= 11 is 1.13. The summed E-state index contributed by atoms with van der Waals surface area (Å²) in [5.41, 5.74) is 1.45. The number of carbonyl (C=O) groups is 1. The van der Waals surface area contributed by atoms with Gasteiger partial charge >= 0.3 is 6.09 Å². The molecule has 0 saturated carbocycles. The van der Waals surface area contributed by atoms with Gasteiger partial charge in [-0.05, 0) is 47.9 Å². The van der Waals surface area contributed by atoms with Crippen LogP contribution in [-0.4, -0.2) is 10.5 Å². The monoisotopic (exact) mass is 314 g/mol. The van der Waals surface area contributed by atoms with Gasteiger partial charge in [0.05, 0.1) is 5.69 Å². The molecule has 0 fully saturated rings. The Hall–Kier alpha value is -2.73. The van der Waals surface area contributed by atoms with Gasteiger partial charge in [-0.15, -0.1) is 0 Å². The Morgan fingerprint density at radius 1 is 1.09 bits per heavy atom. The van der Waals surface area contributed by atoms with Gasteiger partial charge in [-0.2, -0.15) is 4.37 Å². The standard InChI is InChI=1S/C16H11FN2O2S/c17-12-8-6-11(7-9-12)14-10-15(22-19-14)18-16(20)21-13-4-2-1-3-5-13/h1-10H,(H,18,20). The number of amides is 1. The molecule has 0 aliphatic heterocycles. The Bertz CT molecular complexity index is 772. The maximum atomic E-state index is 12.9. The van der Waals surface area contributed by atoms with Gasteiger partial charge in [-0.25, -0.2) is 9.18 Å². The van der Waals surface area contributed by atoms with Crippen LogP contribution in [0, 0.1) is 5.82 Å². The molecule has 6 heteroatoms. The second kappa shape index (κ2) is 6.36. The van der Waals surface area contributed by atoms with Crippen LogP contribution in [0.5, 0.6) is 5.75 Å². The van der Waals surface area contributed by atoms with Gasteiger partial charge in [0, 0.05) is 11.6 Å². The lowest BCUT2D eigenvalue weighted by Crippen LogP contribution is -2.15. The number of carbonyl (C=O) groups excluding carboxylic acids is 1. The molecule has 0 saturated heterocycles. The smallest absolute Gasteiger partial charge is 0.410 e. The average Bonchev–Trinajstić information content (AvgIpc) is 2.97. The first-order valence-electron chi connectivity index (χ1n) is 6.47. The average molecular weight is 314 g/mol. The zero-order valence-electron chi connectivity index (χ0n) is 11.3. The van der Waals surface area contributed by atoms with Crippen LogP contribution in [0.1, 0.15) is 0 Å². The minimum Gasteiger partial charge on any atom is -0.410 e. The van der Waals surface area contributed by atoms with Gasteiger partial charge in [-0.1, -0.05) is 18.2 Å². The number of nitrogens with one attached hydrogen (secondary N) is 1. The van der Waals surface area contributed by atoms with Crippen molar-refractivity contribution in [1.29, 1.82) is 0 Å². The quantitative estimate of drug-likeness (QED) is 0.771. The van der Waals surface area contributed by atoms with E-state index in [4.69, 9.17) is 4.74 Å². The second-order valence-electron chi connectivity index (χ2n) is 4.41. The second-order valence-corrected chi connectivity index (χ2v) is 5.22. The lowest BCUT2D eigenvalue weighted by atomic mass is 10.1. The molecular formula is C16H11FN2O2S. The van der Waals surface area contributed by atoms with E-state index < -0.39 is 6.09 Å². The number of rotatable bonds is 3. The Morgan fingerprint density at radius 3 is 2.55 bits per heavy atom. The Morgan fingerprint density at radius 2 is 1.82 bits per heavy atom. The molecule has 0 bridgehead atoms. The van der Waals surface area contributed by atoms with E-state index in [1.807, 2.05) is 6.07 Å². The van der Waals surface area contributed by atoms with Crippen LogP contribution in [0.25, 0.3) is 11.3 Å². The molecule has 0 atom stereocenters. The van der Waals surface area contributed by atoms with Crippen LogP contribution in [-0.2, 0) is 0 Å². The molecule has 1 amide bonds. The number of halogens is 1. The van der Waals surface area contributed by atoms with Gasteiger partial charge in [0.25, 0.3) is 0 Å². The fraction of sp³-hybridized carbons (Fsp3) is 0. The molecule has 3 aromatic rings. The van der Waals surface area contributed by atoms with Crippen molar-refractivity contribution in [1.82, 2.24) is 4.37 Å². The third-order valence-corrected chi connectivity index (χ3v) is 3.53. The normalized spacial score (nSPS) is 10.2. The summed E-state index contributed by atoms with van der Waals surface area (Å²) < 4.78 is 22.2. The molecule has 0 aliphatic carbocycles. The number of benzene rings is 2. The molecule has 1 N–H and O–H groups in total. The van der Waals surface area contributed by atoms with E-state index in [0.29, 0.717) is 16.4 Å². The number of anilines is 1. The van der Waals surface area contributed by atoms with Crippen molar-refractivity contribution in [2.75, 3.05) is 5.32 Å². The molecule has 0 unspecified atom stereocenters. The van der Waals surface area contributed by atoms with Crippen molar-refractivity contribution in [3.8, 4) is 17.0 Å². The highest BCUT2D eigenvalue weighted by molar-refractivity contribution is 7.10. The third kappa shape index (κ3) is 3.48. The van der Waals surface area contributed by atoms with Crippen molar-refractivity contribution >= 4 is 22.6 Å². The van der Waals surface area contributed by atoms with Crippen LogP contribution in [0.4, 0.5) is 14.2 Å². The fourth-order valence-electron chi connectivity index (χ4n) is 1.81. The number of hydrogen-bond acceptors (Lipinski definition) is 4. The molecule has 4 nitrogen and oxygen atoms in total. The minimum atomic E-state index is -0.583. The largest absolute Gasteiger partial charge is 0.417 e. The summed E-state index contributed by atoms with van der Waals surface area (Å²) in [6, 6.07) is 16.5. The molecule has 1 aromatic heterocycles. The lowest BCUT2D eigenvalue weighted by molar-refractivity contribution is 0.215. The maximum absolute atomic E-state index is 12.9. The van der Waals surface area contributed by atoms with Gasteiger partial charge < -0.3 is 4.74 Å². The van der Waals surface area contributed by atoms with E-state index in [9.17, 15) is 9.18 Å². The SMILES string of the molecule is O=C(Nc1cc(-c2ccc(F)cc2)ns1)Oc1ccccc1. The van der Waals surface area contributed by atoms with E-state index in [1.54, 1.807) is 42.5 Å². The van der Waals surface area contributed by atoms with Crippen molar-refractivity contribution in [3.05, 3.63) is 66.5 Å². The van der Waals surface area contributed by atoms with Crippen LogP contribution >= 0.6 is 11.5 Å². The number of ether oxygens (including phenoxy) is 1. The van der Waals surface area contributed by atoms with Gasteiger partial charge in [0.2, 0.25) is 0 Å². The Kier molecular flexibility index (Phi) is 4.11. The molecule has 110 valence electrons. The Labute approximate surface area is 130 Å². The first-order chi connectivity index (χ1) is 10.7. The maximum Gasteiger partial charge on any atom is 0.417 e. The lowest BCUT2D eigenvalue weighted by Gasteiger charge is -2.03. The summed E-state index contributed by atoms with van der Waals surface area (Å²) in [6.45, 7) is 0. The fourth-order valence-corrected chi connectivity index (χ4v) is 2.46. The number of aromatic nitrogens is 1. The molecule has 3 rings (SSSR count). The van der Waals surface area contributed by atoms with Crippen molar-refractivity contribution in [2.24, 2.45) is 0 Å². The first kappa shape index (κ1) is 14.2. The minimum absolute atomic E-state index is 0.302. The highest BCUT2D eigenvalue weighted by Gasteiger charge is 2.09. The first-order valence-corrected chi connectivity index (χ1v) is 7.24. The van der Waals surface area contributed by atoms with E-state index in [1.165, 1.54) is 12.1 Å². The summed E-state index contributed by atoms with van der Waals surface area (Å²) in [6.07, 6.45) is -0.583. The molecule has 2 aromatic carbocycles. The van der Waals surface area contributed by atoms with E-state index in [0.717, 1.165) is 17.1 Å². The zero-order valence-corrected chi connectivity index (χ0v) is 12.1. The molecule has 0 radical (unpaired) electrons. The van der Waals surface area contributed by atoms with Crippen LogP contribution < -0.4 is 10.1 Å². The summed E-state index contributed by atoms with van der Waals surface area (Å²) in [7, 11) is 0. The summed E-state index contributed by atoms with van der Waals surface area (Å²) in [4.78, 5) is 11.8. The zero-order chi connectivity index (χ0) is 15.4. The summed E-state index contributed by atoms with van der Waals surface area (Å²) in [5.74, 6) is 0.159. The molecule has 0 aliphatic rings.